The van der Waals surface area contributed by atoms with Gasteiger partial charge in [0.1, 0.15) is 5.82 Å². The first kappa shape index (κ1) is 12.7. The lowest BCUT2D eigenvalue weighted by molar-refractivity contribution is 0.559. The van der Waals surface area contributed by atoms with E-state index in [2.05, 4.69) is 29.6 Å². The summed E-state index contributed by atoms with van der Waals surface area (Å²) < 4.78 is 13.4. The minimum atomic E-state index is -0.168. The first-order valence-corrected chi connectivity index (χ1v) is 7.33. The molecule has 2 unspecified atom stereocenters. The predicted octanol–water partition coefficient (Wildman–Crippen LogP) is 3.80. The second-order valence-corrected chi connectivity index (χ2v) is 6.07. The average Bonchev–Trinajstić information content (AvgIpc) is 2.83. The van der Waals surface area contributed by atoms with Crippen molar-refractivity contribution in [1.29, 1.82) is 0 Å². The molecule has 0 spiro atoms. The van der Waals surface area contributed by atoms with E-state index in [1.165, 1.54) is 16.5 Å². The Labute approximate surface area is 117 Å². The highest BCUT2D eigenvalue weighted by atomic mass is 32.2. The van der Waals surface area contributed by atoms with Crippen LogP contribution in [-0.2, 0) is 6.42 Å². The van der Waals surface area contributed by atoms with Crippen LogP contribution in [0.2, 0.25) is 0 Å². The Balaban J connectivity index is 1.86. The van der Waals surface area contributed by atoms with Crippen molar-refractivity contribution in [3.05, 3.63) is 65.5 Å². The molecular formula is C16H16FNS. The van der Waals surface area contributed by atoms with Gasteiger partial charge in [-0.2, -0.15) is 0 Å². The molecule has 1 aliphatic heterocycles. The number of hydrogen-bond donors (Lipinski definition) is 1. The third-order valence-corrected chi connectivity index (χ3v) is 4.96. The minimum Gasteiger partial charge on any atom is -0.312 e. The van der Waals surface area contributed by atoms with Gasteiger partial charge < -0.3 is 5.32 Å². The summed E-state index contributed by atoms with van der Waals surface area (Å²) in [7, 11) is 1.94. The van der Waals surface area contributed by atoms with E-state index in [1.807, 2.05) is 24.9 Å². The number of hydrogen-bond acceptors (Lipinski definition) is 2. The maximum absolute atomic E-state index is 13.4. The van der Waals surface area contributed by atoms with E-state index in [0.29, 0.717) is 5.25 Å². The molecular weight excluding hydrogens is 257 g/mol. The Morgan fingerprint density at radius 3 is 2.79 bits per heavy atom. The van der Waals surface area contributed by atoms with E-state index in [0.717, 1.165) is 12.0 Å². The van der Waals surface area contributed by atoms with Gasteiger partial charge in [-0.15, -0.1) is 11.8 Å². The molecule has 2 aromatic carbocycles. The van der Waals surface area contributed by atoms with Gasteiger partial charge in [0.15, 0.2) is 0 Å². The van der Waals surface area contributed by atoms with Crippen molar-refractivity contribution in [3.8, 4) is 0 Å². The first-order valence-electron chi connectivity index (χ1n) is 6.45. The number of rotatable bonds is 3. The van der Waals surface area contributed by atoms with Crippen LogP contribution in [-0.4, -0.2) is 12.3 Å². The van der Waals surface area contributed by atoms with Crippen LogP contribution in [0.15, 0.2) is 53.4 Å². The largest absolute Gasteiger partial charge is 0.312 e. The SMILES string of the molecule is CNC(c1cccc(F)c1)C1Cc2ccccc2S1. The molecule has 1 aliphatic rings. The van der Waals surface area contributed by atoms with E-state index in [4.69, 9.17) is 0 Å². The van der Waals surface area contributed by atoms with Crippen molar-refractivity contribution >= 4 is 11.8 Å². The summed E-state index contributed by atoms with van der Waals surface area (Å²) in [5.41, 5.74) is 2.42. The standard InChI is InChI=1S/C16H16FNS/c1-18-16(12-6-4-7-13(17)9-12)15-10-11-5-2-3-8-14(11)19-15/h2-9,15-16,18H,10H2,1H3. The van der Waals surface area contributed by atoms with Crippen molar-refractivity contribution in [1.82, 2.24) is 5.32 Å². The van der Waals surface area contributed by atoms with Gasteiger partial charge in [0.25, 0.3) is 0 Å². The lowest BCUT2D eigenvalue weighted by Crippen LogP contribution is -2.27. The van der Waals surface area contributed by atoms with Crippen molar-refractivity contribution < 1.29 is 4.39 Å². The number of halogens is 1. The highest BCUT2D eigenvalue weighted by Gasteiger charge is 2.29. The van der Waals surface area contributed by atoms with Crippen LogP contribution in [0.1, 0.15) is 17.2 Å². The van der Waals surface area contributed by atoms with Gasteiger partial charge in [-0.1, -0.05) is 30.3 Å². The van der Waals surface area contributed by atoms with Crippen LogP contribution in [0.3, 0.4) is 0 Å². The molecule has 3 heteroatoms. The van der Waals surface area contributed by atoms with Crippen molar-refractivity contribution in [2.75, 3.05) is 7.05 Å². The average molecular weight is 273 g/mol. The number of benzene rings is 2. The monoisotopic (exact) mass is 273 g/mol. The van der Waals surface area contributed by atoms with E-state index in [9.17, 15) is 4.39 Å². The fraction of sp³-hybridized carbons (Fsp3) is 0.250. The van der Waals surface area contributed by atoms with E-state index < -0.39 is 0 Å². The minimum absolute atomic E-state index is 0.168. The summed E-state index contributed by atoms with van der Waals surface area (Å²) in [5, 5.41) is 3.76. The molecule has 1 N–H and O–H groups in total. The van der Waals surface area contributed by atoms with Crippen molar-refractivity contribution in [2.45, 2.75) is 22.6 Å². The molecule has 0 aromatic heterocycles. The van der Waals surface area contributed by atoms with E-state index in [1.54, 1.807) is 12.1 Å². The Bertz CT molecular complexity index is 559. The van der Waals surface area contributed by atoms with Crippen LogP contribution in [0, 0.1) is 5.82 Å². The Kier molecular flexibility index (Phi) is 3.58. The zero-order chi connectivity index (χ0) is 13.2. The lowest BCUT2D eigenvalue weighted by Gasteiger charge is -2.22. The molecule has 98 valence electrons. The normalized spacial score (nSPS) is 19.2. The summed E-state index contributed by atoms with van der Waals surface area (Å²) in [6.07, 6.45) is 1.03. The van der Waals surface area contributed by atoms with Crippen molar-refractivity contribution in [3.63, 3.8) is 0 Å². The molecule has 0 saturated heterocycles. The summed E-state index contributed by atoms with van der Waals surface area (Å²) in [5.74, 6) is -0.168. The van der Waals surface area contributed by atoms with Crippen LogP contribution >= 0.6 is 11.8 Å². The molecule has 0 saturated carbocycles. The molecule has 0 fully saturated rings. The number of thioether (sulfide) groups is 1. The molecule has 0 aliphatic carbocycles. The summed E-state index contributed by atoms with van der Waals surface area (Å²) in [6, 6.07) is 15.6. The molecule has 0 bridgehead atoms. The van der Waals surface area contributed by atoms with Crippen molar-refractivity contribution in [2.24, 2.45) is 0 Å². The number of fused-ring (bicyclic) bond motifs is 1. The Morgan fingerprint density at radius 1 is 1.21 bits per heavy atom. The highest BCUT2D eigenvalue weighted by Crippen LogP contribution is 2.42. The van der Waals surface area contributed by atoms with Gasteiger partial charge in [-0.3, -0.25) is 0 Å². The number of nitrogens with one attached hydrogen (secondary N) is 1. The maximum atomic E-state index is 13.4. The third-order valence-electron chi connectivity index (χ3n) is 3.56. The van der Waals surface area contributed by atoms with E-state index in [-0.39, 0.29) is 11.9 Å². The second kappa shape index (κ2) is 5.35. The molecule has 2 atom stereocenters. The summed E-state index contributed by atoms with van der Waals surface area (Å²) in [4.78, 5) is 1.35. The van der Waals surface area contributed by atoms with Gasteiger partial charge in [0.05, 0.1) is 0 Å². The molecule has 2 aromatic rings. The van der Waals surface area contributed by atoms with Crippen LogP contribution in [0.4, 0.5) is 4.39 Å². The van der Waals surface area contributed by atoms with Gasteiger partial charge in [0.2, 0.25) is 0 Å². The molecule has 0 amide bonds. The maximum Gasteiger partial charge on any atom is 0.123 e. The zero-order valence-electron chi connectivity index (χ0n) is 10.8. The van der Waals surface area contributed by atoms with Crippen LogP contribution < -0.4 is 5.32 Å². The summed E-state index contributed by atoms with van der Waals surface area (Å²) >= 11 is 1.88. The van der Waals surface area contributed by atoms with Gasteiger partial charge in [-0.25, -0.2) is 4.39 Å². The zero-order valence-corrected chi connectivity index (χ0v) is 11.6. The predicted molar refractivity (Wildman–Crippen MR) is 78.0 cm³/mol. The fourth-order valence-electron chi connectivity index (χ4n) is 2.66. The molecule has 1 nitrogen and oxygen atoms in total. The Hall–Kier alpha value is -1.32. The highest BCUT2D eigenvalue weighted by molar-refractivity contribution is 8.00. The molecule has 3 rings (SSSR count). The lowest BCUT2D eigenvalue weighted by atomic mass is 9.99. The van der Waals surface area contributed by atoms with Gasteiger partial charge in [-0.05, 0) is 42.8 Å². The van der Waals surface area contributed by atoms with Crippen LogP contribution in [0.25, 0.3) is 0 Å². The topological polar surface area (TPSA) is 12.0 Å². The van der Waals surface area contributed by atoms with Gasteiger partial charge in [0, 0.05) is 16.2 Å². The van der Waals surface area contributed by atoms with E-state index >= 15 is 0 Å². The Morgan fingerprint density at radius 2 is 2.05 bits per heavy atom. The smallest absolute Gasteiger partial charge is 0.123 e. The second-order valence-electron chi connectivity index (χ2n) is 4.79. The quantitative estimate of drug-likeness (QED) is 0.913. The first-order chi connectivity index (χ1) is 9.28. The molecule has 0 radical (unpaired) electrons. The van der Waals surface area contributed by atoms with Gasteiger partial charge >= 0.3 is 0 Å². The van der Waals surface area contributed by atoms with Crippen LogP contribution in [0.5, 0.6) is 0 Å². The third kappa shape index (κ3) is 2.53. The molecule has 1 heterocycles. The summed E-state index contributed by atoms with van der Waals surface area (Å²) in [6.45, 7) is 0. The fourth-order valence-corrected chi connectivity index (χ4v) is 4.14. The molecule has 19 heavy (non-hydrogen) atoms.